The van der Waals surface area contributed by atoms with Gasteiger partial charge in [-0.25, -0.2) is 0 Å². The van der Waals surface area contributed by atoms with Gasteiger partial charge in [-0.1, -0.05) is 146 Å². The van der Waals surface area contributed by atoms with Gasteiger partial charge in [-0.05, 0) is 88.0 Å². The summed E-state index contributed by atoms with van der Waals surface area (Å²) in [4.78, 5) is 2.38. The Hall–Kier alpha value is -6.82. The number of hydrogen-bond donors (Lipinski definition) is 0. The van der Waals surface area contributed by atoms with Crippen molar-refractivity contribution in [2.24, 2.45) is 0 Å². The lowest BCUT2D eigenvalue weighted by Crippen LogP contribution is -2.32. The van der Waals surface area contributed by atoms with Crippen LogP contribution in [0.4, 0.5) is 17.1 Å². The summed E-state index contributed by atoms with van der Waals surface area (Å²) in [5.41, 5.74) is 14.2. The minimum atomic E-state index is -0.633. The Morgan fingerprint density at radius 1 is 0.431 bits per heavy atom. The normalized spacial score (nSPS) is 12.9. The van der Waals surface area contributed by atoms with Crippen LogP contribution in [0.15, 0.2) is 188 Å². The number of fused-ring (bicyclic) bond motifs is 9. The molecule has 1 aliphatic heterocycles. The molecule has 2 aliphatic rings. The lowest BCUT2D eigenvalue weighted by atomic mass is 9.66. The largest absolute Gasteiger partial charge is 0.457 e. The molecular formula is C49H31NO. The van der Waals surface area contributed by atoms with Crippen LogP contribution < -0.4 is 9.64 Å². The van der Waals surface area contributed by atoms with Crippen LogP contribution >= 0.6 is 0 Å². The maximum absolute atomic E-state index is 6.76. The summed E-state index contributed by atoms with van der Waals surface area (Å²) in [5.74, 6) is 1.70. The Kier molecular flexibility index (Phi) is 6.66. The van der Waals surface area contributed by atoms with E-state index in [2.05, 4.69) is 199 Å². The fourth-order valence-corrected chi connectivity index (χ4v) is 8.21. The fraction of sp³-hybridized carbons (Fsp3) is 0.0204. The van der Waals surface area contributed by atoms with Gasteiger partial charge in [0.1, 0.15) is 11.5 Å². The van der Waals surface area contributed by atoms with Crippen LogP contribution in [0.3, 0.4) is 0 Å². The van der Waals surface area contributed by atoms with Crippen LogP contribution in [0, 0.1) is 12.1 Å². The highest BCUT2D eigenvalue weighted by Gasteiger charge is 2.51. The topological polar surface area (TPSA) is 12.5 Å². The Bertz CT molecular complexity index is 2510. The third kappa shape index (κ3) is 4.46. The van der Waals surface area contributed by atoms with Crippen LogP contribution in [-0.2, 0) is 5.41 Å². The predicted molar refractivity (Wildman–Crippen MR) is 207 cm³/mol. The molecule has 238 valence electrons. The standard InChI is InChI=1S/C49H31NO/c1-3-15-34(16-4-1)35-27-29-37(30-28-35)50(46-25-13-9-19-39(46)36-17-5-2-6-18-36)38-31-32-48-45(33-38)49(44-24-12-14-26-47(44)51-48)42-22-10-7-20-40(42)41-21-8-11-23-43(41)49/h1-10,12-22,24-33H. The van der Waals surface area contributed by atoms with Crippen LogP contribution in [-0.4, -0.2) is 0 Å². The average molecular weight is 650 g/mol. The maximum Gasteiger partial charge on any atom is 0.132 e. The van der Waals surface area contributed by atoms with E-state index in [0.717, 1.165) is 56.4 Å². The number of nitrogens with zero attached hydrogens (tertiary/aromatic N) is 1. The first-order chi connectivity index (χ1) is 25.3. The lowest BCUT2D eigenvalue weighted by Gasteiger charge is -2.39. The molecule has 1 atom stereocenters. The monoisotopic (exact) mass is 649 g/mol. The molecule has 0 aromatic heterocycles. The number of benzene rings is 7. The summed E-state index contributed by atoms with van der Waals surface area (Å²) in [6.45, 7) is 0. The zero-order valence-electron chi connectivity index (χ0n) is 27.8. The zero-order chi connectivity index (χ0) is 33.8. The SMILES string of the molecule is c1ccc2c(c#1)C1(c3ccccc3Oc3ccc(N(c4ccc(-c5ccccc5)cc4)c4ccccc4-c4ccccc4)cc31)c1ccccc1-2. The molecule has 8 aromatic rings. The van der Waals surface area contributed by atoms with Gasteiger partial charge in [-0.2, -0.15) is 0 Å². The van der Waals surface area contributed by atoms with E-state index in [0.29, 0.717) is 0 Å². The van der Waals surface area contributed by atoms with E-state index in [9.17, 15) is 0 Å². The van der Waals surface area contributed by atoms with E-state index in [1.807, 2.05) is 6.07 Å². The Balaban J connectivity index is 1.24. The van der Waals surface area contributed by atoms with Crippen molar-refractivity contribution in [1.82, 2.24) is 0 Å². The molecule has 51 heavy (non-hydrogen) atoms. The Labute approximate surface area is 298 Å². The maximum atomic E-state index is 6.76. The van der Waals surface area contributed by atoms with Gasteiger partial charge in [0.15, 0.2) is 0 Å². The van der Waals surface area contributed by atoms with Gasteiger partial charge in [0.2, 0.25) is 0 Å². The highest BCUT2D eigenvalue weighted by atomic mass is 16.5. The molecule has 1 heterocycles. The van der Waals surface area contributed by atoms with E-state index in [4.69, 9.17) is 4.74 Å². The first-order valence-electron chi connectivity index (χ1n) is 17.4. The van der Waals surface area contributed by atoms with Gasteiger partial charge in [-0.15, -0.1) is 0 Å². The summed E-state index contributed by atoms with van der Waals surface area (Å²) in [6, 6.07) is 73.7. The predicted octanol–water partition coefficient (Wildman–Crippen LogP) is 12.6. The fourth-order valence-electron chi connectivity index (χ4n) is 8.21. The van der Waals surface area contributed by atoms with E-state index < -0.39 is 5.41 Å². The smallest absolute Gasteiger partial charge is 0.132 e. The summed E-state index contributed by atoms with van der Waals surface area (Å²) < 4.78 is 6.76. The molecular weight excluding hydrogens is 619 g/mol. The van der Waals surface area contributed by atoms with Crippen LogP contribution in [0.1, 0.15) is 22.3 Å². The minimum Gasteiger partial charge on any atom is -0.457 e. The first kappa shape index (κ1) is 29.1. The van der Waals surface area contributed by atoms with E-state index in [-0.39, 0.29) is 0 Å². The molecule has 2 heteroatoms. The zero-order valence-corrected chi connectivity index (χ0v) is 27.8. The number of rotatable bonds is 5. The summed E-state index contributed by atoms with van der Waals surface area (Å²) >= 11 is 0. The van der Waals surface area contributed by atoms with Gasteiger partial charge in [-0.3, -0.25) is 0 Å². The molecule has 0 bridgehead atoms. The van der Waals surface area contributed by atoms with Gasteiger partial charge in [0.05, 0.1) is 11.1 Å². The van der Waals surface area contributed by atoms with Crippen molar-refractivity contribution < 1.29 is 4.74 Å². The van der Waals surface area contributed by atoms with E-state index in [1.54, 1.807) is 0 Å². The first-order valence-corrected chi connectivity index (χ1v) is 17.4. The number of anilines is 3. The number of hydrogen-bond acceptors (Lipinski definition) is 2. The Morgan fingerprint density at radius 2 is 1.04 bits per heavy atom. The van der Waals surface area contributed by atoms with E-state index >= 15 is 0 Å². The summed E-state index contributed by atoms with van der Waals surface area (Å²) in [5, 5.41) is 0. The molecule has 0 amide bonds. The molecule has 0 radical (unpaired) electrons. The second-order valence-electron chi connectivity index (χ2n) is 13.1. The van der Waals surface area contributed by atoms with Gasteiger partial charge in [0.25, 0.3) is 0 Å². The molecule has 0 fully saturated rings. The highest BCUT2D eigenvalue weighted by Crippen LogP contribution is 2.62. The van der Waals surface area contributed by atoms with Crippen molar-refractivity contribution in [3.63, 3.8) is 0 Å². The molecule has 2 nitrogen and oxygen atoms in total. The second kappa shape index (κ2) is 11.7. The Morgan fingerprint density at radius 3 is 1.84 bits per heavy atom. The molecule has 1 aliphatic carbocycles. The summed E-state index contributed by atoms with van der Waals surface area (Å²) in [7, 11) is 0. The summed E-state index contributed by atoms with van der Waals surface area (Å²) in [6.07, 6.45) is 0. The molecule has 1 unspecified atom stereocenters. The number of para-hydroxylation sites is 2. The van der Waals surface area contributed by atoms with Crippen LogP contribution in [0.25, 0.3) is 33.4 Å². The molecule has 0 N–H and O–H groups in total. The van der Waals surface area contributed by atoms with Gasteiger partial charge < -0.3 is 9.64 Å². The second-order valence-corrected chi connectivity index (χ2v) is 13.1. The van der Waals surface area contributed by atoms with Crippen molar-refractivity contribution in [3.8, 4) is 44.9 Å². The third-order valence-electron chi connectivity index (χ3n) is 10.4. The van der Waals surface area contributed by atoms with Crippen LogP contribution in [0.5, 0.6) is 11.5 Å². The lowest BCUT2D eigenvalue weighted by molar-refractivity contribution is 0.436. The third-order valence-corrected chi connectivity index (χ3v) is 10.4. The van der Waals surface area contributed by atoms with Crippen molar-refractivity contribution in [3.05, 3.63) is 222 Å². The minimum absolute atomic E-state index is 0.633. The van der Waals surface area contributed by atoms with Gasteiger partial charge >= 0.3 is 0 Å². The van der Waals surface area contributed by atoms with Crippen molar-refractivity contribution in [1.29, 1.82) is 0 Å². The molecule has 0 saturated carbocycles. The molecule has 1 spiro atoms. The van der Waals surface area contributed by atoms with Crippen LogP contribution in [0.2, 0.25) is 0 Å². The molecule has 0 saturated heterocycles. The van der Waals surface area contributed by atoms with Crippen molar-refractivity contribution >= 4 is 17.1 Å². The highest BCUT2D eigenvalue weighted by molar-refractivity contribution is 5.91. The quantitative estimate of drug-likeness (QED) is 0.184. The van der Waals surface area contributed by atoms with E-state index in [1.165, 1.54) is 27.8 Å². The average Bonchev–Trinajstić information content (AvgIpc) is 3.50. The number of ether oxygens (including phenoxy) is 1. The van der Waals surface area contributed by atoms with Gasteiger partial charge in [0, 0.05) is 33.6 Å². The molecule has 8 aromatic carbocycles. The van der Waals surface area contributed by atoms with Crippen molar-refractivity contribution in [2.75, 3.05) is 4.90 Å². The molecule has 10 rings (SSSR count). The van der Waals surface area contributed by atoms with Crippen molar-refractivity contribution in [2.45, 2.75) is 5.41 Å².